The molecule has 7 nitrogen and oxygen atoms in total. The third kappa shape index (κ3) is 6.37. The van der Waals surface area contributed by atoms with E-state index in [2.05, 4.69) is 23.1 Å². The summed E-state index contributed by atoms with van der Waals surface area (Å²) < 4.78 is 26.7. The summed E-state index contributed by atoms with van der Waals surface area (Å²) in [5.74, 6) is -0.0802. The number of nitrogen functional groups attached to an aromatic ring is 1. The molecule has 2 aliphatic heterocycles. The largest absolute Gasteiger partial charge is 0.493 e. The zero-order valence-corrected chi connectivity index (χ0v) is 27.2. The molecule has 0 fully saturated rings. The first-order valence-electron chi connectivity index (χ1n) is 15.9. The smallest absolute Gasteiger partial charge is 0.337 e. The van der Waals surface area contributed by atoms with Crippen LogP contribution in [0.15, 0.2) is 54.6 Å². The lowest BCUT2D eigenvalue weighted by atomic mass is 9.85. The first-order chi connectivity index (χ1) is 21.9. The van der Waals surface area contributed by atoms with Crippen molar-refractivity contribution >= 4 is 11.8 Å². The molecule has 3 N–H and O–H groups in total. The molecule has 0 spiro atoms. The first-order valence-corrected chi connectivity index (χ1v) is 15.9. The number of aryl methyl sites for hydroxylation is 3. The molecule has 1 unspecified atom stereocenters. The molecule has 8 heteroatoms. The number of carboxylic acids is 1. The fourth-order valence-electron chi connectivity index (χ4n) is 6.75. The number of ether oxygens (including phenoxy) is 2. The minimum atomic E-state index is -1.26. The third-order valence-corrected chi connectivity index (χ3v) is 8.93. The summed E-state index contributed by atoms with van der Waals surface area (Å²) in [6, 6.07) is 17.5. The Kier molecular flexibility index (Phi) is 8.61. The highest BCUT2D eigenvalue weighted by Gasteiger charge is 2.34. The fraction of sp³-hybridized carbons (Fsp3) is 0.368. The second-order valence-electron chi connectivity index (χ2n) is 13.4. The van der Waals surface area contributed by atoms with E-state index in [1.54, 1.807) is 13.0 Å². The number of benzene rings is 3. The van der Waals surface area contributed by atoms with Gasteiger partial charge in [-0.3, -0.25) is 4.90 Å². The van der Waals surface area contributed by atoms with Crippen LogP contribution in [0.2, 0.25) is 0 Å². The normalized spacial score (nSPS) is 15.5. The molecule has 0 amide bonds. The highest BCUT2D eigenvalue weighted by atomic mass is 19.1. The van der Waals surface area contributed by atoms with Gasteiger partial charge < -0.3 is 20.3 Å². The molecule has 6 rings (SSSR count). The fourth-order valence-corrected chi connectivity index (χ4v) is 6.75. The summed E-state index contributed by atoms with van der Waals surface area (Å²) in [5, 5.41) is 10.5. The number of carboxylic acid groups (broad SMARTS) is 1. The van der Waals surface area contributed by atoms with Crippen molar-refractivity contribution < 1.29 is 23.8 Å². The van der Waals surface area contributed by atoms with Gasteiger partial charge in [-0.25, -0.2) is 14.2 Å². The maximum absolute atomic E-state index is 14.6. The van der Waals surface area contributed by atoms with E-state index in [-0.39, 0.29) is 5.82 Å². The number of hydrogen-bond donors (Lipinski definition) is 2. The van der Waals surface area contributed by atoms with E-state index in [4.69, 9.17) is 20.2 Å². The summed E-state index contributed by atoms with van der Waals surface area (Å²) in [4.78, 5) is 19.8. The number of fused-ring (bicyclic) bond motifs is 2. The van der Waals surface area contributed by atoms with Crippen molar-refractivity contribution in [2.24, 2.45) is 0 Å². The van der Waals surface area contributed by atoms with Gasteiger partial charge in [-0.2, -0.15) is 0 Å². The van der Waals surface area contributed by atoms with Crippen molar-refractivity contribution in [2.75, 3.05) is 18.9 Å². The number of anilines is 1. The molecule has 1 aromatic heterocycles. The molecule has 46 heavy (non-hydrogen) atoms. The Morgan fingerprint density at radius 3 is 2.52 bits per heavy atom. The molecule has 3 aromatic carbocycles. The topological polar surface area (TPSA) is 97.9 Å². The number of halogens is 1. The predicted molar refractivity (Wildman–Crippen MR) is 178 cm³/mol. The monoisotopic (exact) mass is 623 g/mol. The molecule has 240 valence electrons. The molecule has 0 saturated carbocycles. The average molecular weight is 624 g/mol. The Bertz CT molecular complexity index is 1790. The average Bonchev–Trinajstić information content (AvgIpc) is 3.00. The highest BCUT2D eigenvalue weighted by Crippen LogP contribution is 2.45. The number of carbonyl (C=O) groups is 1. The van der Waals surface area contributed by atoms with E-state index in [1.807, 2.05) is 52.0 Å². The van der Waals surface area contributed by atoms with Crippen LogP contribution in [0.4, 0.5) is 10.2 Å². The molecule has 0 radical (unpaired) electrons. The van der Waals surface area contributed by atoms with Gasteiger partial charge in [0, 0.05) is 47.6 Å². The summed E-state index contributed by atoms with van der Waals surface area (Å²) in [5.41, 5.74) is 15.3. The van der Waals surface area contributed by atoms with Gasteiger partial charge in [0.1, 0.15) is 17.4 Å². The van der Waals surface area contributed by atoms with E-state index in [0.29, 0.717) is 47.9 Å². The van der Waals surface area contributed by atoms with Gasteiger partial charge in [-0.1, -0.05) is 36.4 Å². The SMILES string of the molecule is Cc1cccc(F)c1CN1CCc2cc(-c3c(N)nc(C)c(C(OC(C)(C)C)C(=O)O)c3-c3ccc4c(c3)CCCO4)ccc2C1. The number of hydrogen-bond acceptors (Lipinski definition) is 6. The Hall–Kier alpha value is -4.27. The van der Waals surface area contributed by atoms with Crippen molar-refractivity contribution in [1.29, 1.82) is 0 Å². The van der Waals surface area contributed by atoms with Gasteiger partial charge in [-0.15, -0.1) is 0 Å². The zero-order valence-electron chi connectivity index (χ0n) is 27.2. The van der Waals surface area contributed by atoms with Crippen LogP contribution >= 0.6 is 0 Å². The van der Waals surface area contributed by atoms with Crippen LogP contribution in [0.1, 0.15) is 72.4 Å². The summed E-state index contributed by atoms with van der Waals surface area (Å²) in [7, 11) is 0. The summed E-state index contributed by atoms with van der Waals surface area (Å²) in [6.07, 6.45) is 1.31. The summed E-state index contributed by atoms with van der Waals surface area (Å²) >= 11 is 0. The Balaban J connectivity index is 1.47. The van der Waals surface area contributed by atoms with E-state index in [9.17, 15) is 14.3 Å². The van der Waals surface area contributed by atoms with Crippen molar-refractivity contribution in [3.8, 4) is 28.0 Å². The number of aromatic nitrogens is 1. The zero-order chi connectivity index (χ0) is 32.7. The predicted octanol–water partition coefficient (Wildman–Crippen LogP) is 7.58. The van der Waals surface area contributed by atoms with E-state index in [1.165, 1.54) is 17.2 Å². The minimum absolute atomic E-state index is 0.171. The Morgan fingerprint density at radius 2 is 1.78 bits per heavy atom. The standard InChI is InChI=1S/C38H42FN3O4/c1-22-8-6-10-30(39)29(22)21-42-16-15-24-18-27(11-12-28(24)20-42)34-33(26-13-14-31-25(19-26)9-7-17-45-31)32(23(2)41-36(34)40)35(37(43)44)46-38(3,4)5/h6,8,10-14,18-19,35H,7,9,15-17,20-21H2,1-5H3,(H2,40,41)(H,43,44). The van der Waals surface area contributed by atoms with Crippen molar-refractivity contribution in [1.82, 2.24) is 9.88 Å². The molecule has 1 atom stereocenters. The molecule has 0 bridgehead atoms. The number of nitrogens with two attached hydrogens (primary N) is 1. The molecular weight excluding hydrogens is 581 g/mol. The maximum Gasteiger partial charge on any atom is 0.337 e. The molecule has 4 aromatic rings. The summed E-state index contributed by atoms with van der Waals surface area (Å²) in [6.45, 7) is 12.0. The maximum atomic E-state index is 14.6. The van der Waals surface area contributed by atoms with E-state index >= 15 is 0 Å². The van der Waals surface area contributed by atoms with Crippen LogP contribution < -0.4 is 10.5 Å². The lowest BCUT2D eigenvalue weighted by molar-refractivity contribution is -0.160. The molecule has 0 saturated heterocycles. The van der Waals surface area contributed by atoms with Crippen molar-refractivity contribution in [2.45, 2.75) is 78.7 Å². The molecule has 2 aliphatic rings. The van der Waals surface area contributed by atoms with Crippen LogP contribution in [0.25, 0.3) is 22.3 Å². The second-order valence-corrected chi connectivity index (χ2v) is 13.4. The van der Waals surface area contributed by atoms with E-state index < -0.39 is 17.7 Å². The Labute approximate surface area is 270 Å². The minimum Gasteiger partial charge on any atom is -0.493 e. The Morgan fingerprint density at radius 1 is 1.04 bits per heavy atom. The van der Waals surface area contributed by atoms with Crippen LogP contribution in [0, 0.1) is 19.7 Å². The lowest BCUT2D eigenvalue weighted by Gasteiger charge is -2.31. The van der Waals surface area contributed by atoms with Gasteiger partial charge in [0.15, 0.2) is 6.10 Å². The van der Waals surface area contributed by atoms with Gasteiger partial charge in [0.25, 0.3) is 0 Å². The number of aliphatic carboxylic acids is 1. The first kappa shape index (κ1) is 31.7. The number of rotatable bonds is 7. The van der Waals surface area contributed by atoms with Gasteiger partial charge >= 0.3 is 5.97 Å². The van der Waals surface area contributed by atoms with Crippen LogP contribution in [-0.2, 0) is 35.5 Å². The highest BCUT2D eigenvalue weighted by molar-refractivity contribution is 5.95. The molecule has 0 aliphatic carbocycles. The quantitative estimate of drug-likeness (QED) is 0.219. The second kappa shape index (κ2) is 12.5. The van der Waals surface area contributed by atoms with Gasteiger partial charge in [0.2, 0.25) is 0 Å². The van der Waals surface area contributed by atoms with Crippen molar-refractivity contribution in [3.63, 3.8) is 0 Å². The molecular formula is C38H42FN3O4. The third-order valence-electron chi connectivity index (χ3n) is 8.93. The van der Waals surface area contributed by atoms with E-state index in [0.717, 1.165) is 59.4 Å². The van der Waals surface area contributed by atoms with Crippen LogP contribution in [0.3, 0.4) is 0 Å². The lowest BCUT2D eigenvalue weighted by Crippen LogP contribution is -2.30. The van der Waals surface area contributed by atoms with Gasteiger partial charge in [-0.05, 0) is 105 Å². The van der Waals surface area contributed by atoms with Crippen LogP contribution in [0.5, 0.6) is 5.75 Å². The van der Waals surface area contributed by atoms with Crippen molar-refractivity contribution in [3.05, 3.63) is 99.5 Å². The number of pyridine rings is 1. The van der Waals surface area contributed by atoms with Gasteiger partial charge in [0.05, 0.1) is 12.2 Å². The molecule has 3 heterocycles. The van der Waals surface area contributed by atoms with Crippen LogP contribution in [-0.4, -0.2) is 39.7 Å². The number of nitrogens with zero attached hydrogens (tertiary/aromatic N) is 2.